The Morgan fingerprint density at radius 1 is 1.19 bits per heavy atom. The number of carbonyl (C=O) groups excluding carboxylic acids is 1. The molecule has 2 aromatic rings. The van der Waals surface area contributed by atoms with Gasteiger partial charge >= 0.3 is 0 Å². The van der Waals surface area contributed by atoms with Crippen molar-refractivity contribution in [1.29, 1.82) is 0 Å². The van der Waals surface area contributed by atoms with Gasteiger partial charge in [0.25, 0.3) is 5.91 Å². The quantitative estimate of drug-likeness (QED) is 0.548. The van der Waals surface area contributed by atoms with E-state index in [1.54, 1.807) is 12.3 Å². The number of pyridine rings is 2. The van der Waals surface area contributed by atoms with Crippen LogP contribution >= 0.6 is 0 Å². The number of primary amides is 1. The normalized spacial score (nSPS) is 21.5. The molecule has 6 N–H and O–H groups in total. The molecule has 1 aliphatic heterocycles. The van der Waals surface area contributed by atoms with Crippen molar-refractivity contribution in [3.8, 4) is 0 Å². The minimum atomic E-state index is -0.766. The number of ether oxygens (including phenoxy) is 1. The Balaban J connectivity index is 1.60. The van der Waals surface area contributed by atoms with Gasteiger partial charge in [-0.3, -0.25) is 4.79 Å². The first kappa shape index (κ1) is 21.3. The molecule has 2 atom stereocenters. The molecular weight excluding hydrogens is 401 g/mol. The van der Waals surface area contributed by atoms with Gasteiger partial charge in [0.2, 0.25) is 0 Å². The van der Waals surface area contributed by atoms with Gasteiger partial charge in [-0.15, -0.1) is 0 Å². The first-order chi connectivity index (χ1) is 15.0. The van der Waals surface area contributed by atoms with Crippen LogP contribution in [-0.2, 0) is 4.74 Å². The number of hydrogen-bond acceptors (Lipinski definition) is 8. The van der Waals surface area contributed by atoms with Gasteiger partial charge in [-0.1, -0.05) is 12.8 Å². The first-order valence-electron chi connectivity index (χ1n) is 10.6. The Kier molecular flexibility index (Phi) is 6.47. The molecule has 1 saturated heterocycles. The zero-order valence-electron chi connectivity index (χ0n) is 17.3. The minimum absolute atomic E-state index is 0.0271. The van der Waals surface area contributed by atoms with Crippen molar-refractivity contribution in [3.05, 3.63) is 35.8 Å². The second-order valence-corrected chi connectivity index (χ2v) is 7.91. The van der Waals surface area contributed by atoms with Crippen LogP contribution in [0.2, 0.25) is 0 Å². The topological polar surface area (TPSA) is 131 Å². The number of morpholine rings is 1. The summed E-state index contributed by atoms with van der Waals surface area (Å²) in [5.41, 5.74) is 12.3. The molecule has 1 saturated carbocycles. The predicted molar refractivity (Wildman–Crippen MR) is 117 cm³/mol. The second-order valence-electron chi connectivity index (χ2n) is 7.91. The van der Waals surface area contributed by atoms with Crippen LogP contribution in [0.25, 0.3) is 0 Å². The molecule has 1 amide bonds. The van der Waals surface area contributed by atoms with Crippen molar-refractivity contribution in [2.45, 2.75) is 37.8 Å². The summed E-state index contributed by atoms with van der Waals surface area (Å²) in [6, 6.07) is 4.57. The molecule has 9 nitrogen and oxygen atoms in total. The van der Waals surface area contributed by atoms with Crippen molar-refractivity contribution in [2.24, 2.45) is 11.5 Å². The maximum Gasteiger partial charge on any atom is 0.252 e. The molecular formula is C21H28FN7O2. The number of nitrogens with one attached hydrogen (secondary N) is 2. The molecule has 4 rings (SSSR count). The molecule has 0 aromatic carbocycles. The number of nitrogens with zero attached hydrogens (tertiary/aromatic N) is 3. The van der Waals surface area contributed by atoms with E-state index in [1.165, 1.54) is 0 Å². The molecule has 10 heteroatoms. The predicted octanol–water partition coefficient (Wildman–Crippen LogP) is 1.98. The van der Waals surface area contributed by atoms with Crippen LogP contribution in [0, 0.1) is 5.82 Å². The van der Waals surface area contributed by atoms with Gasteiger partial charge < -0.3 is 31.7 Å². The fourth-order valence-corrected chi connectivity index (χ4v) is 3.99. The Labute approximate surface area is 180 Å². The largest absolute Gasteiger partial charge is 0.378 e. The lowest BCUT2D eigenvalue weighted by molar-refractivity contribution is 0.100. The minimum Gasteiger partial charge on any atom is -0.378 e. The van der Waals surface area contributed by atoms with Crippen LogP contribution in [-0.4, -0.2) is 54.3 Å². The Bertz CT molecular complexity index is 936. The molecule has 2 unspecified atom stereocenters. The van der Waals surface area contributed by atoms with Gasteiger partial charge in [0.05, 0.1) is 18.8 Å². The summed E-state index contributed by atoms with van der Waals surface area (Å²) in [6.07, 6.45) is 5.48. The zero-order valence-corrected chi connectivity index (χ0v) is 17.3. The van der Waals surface area contributed by atoms with E-state index in [4.69, 9.17) is 16.2 Å². The van der Waals surface area contributed by atoms with Gasteiger partial charge in [-0.25, -0.2) is 14.4 Å². The Morgan fingerprint density at radius 3 is 2.71 bits per heavy atom. The monoisotopic (exact) mass is 429 g/mol. The van der Waals surface area contributed by atoms with E-state index in [9.17, 15) is 9.18 Å². The van der Waals surface area contributed by atoms with Crippen LogP contribution in [0.4, 0.5) is 27.5 Å². The summed E-state index contributed by atoms with van der Waals surface area (Å²) >= 11 is 0. The van der Waals surface area contributed by atoms with Crippen LogP contribution in [0.3, 0.4) is 0 Å². The number of hydrogen-bond donors (Lipinski definition) is 4. The zero-order chi connectivity index (χ0) is 21.8. The van der Waals surface area contributed by atoms with E-state index < -0.39 is 11.7 Å². The van der Waals surface area contributed by atoms with E-state index in [1.807, 2.05) is 6.07 Å². The van der Waals surface area contributed by atoms with Gasteiger partial charge in [0.1, 0.15) is 11.6 Å². The summed E-state index contributed by atoms with van der Waals surface area (Å²) in [5.74, 6) is -0.391. The highest BCUT2D eigenvalue weighted by atomic mass is 19.1. The molecule has 0 bridgehead atoms. The highest BCUT2D eigenvalue weighted by Crippen LogP contribution is 2.27. The molecule has 166 valence electrons. The molecule has 3 heterocycles. The number of amides is 1. The molecule has 2 aliphatic rings. The van der Waals surface area contributed by atoms with Crippen molar-refractivity contribution in [2.75, 3.05) is 41.8 Å². The molecule has 2 fully saturated rings. The second kappa shape index (κ2) is 9.44. The molecule has 0 radical (unpaired) electrons. The first-order valence-corrected chi connectivity index (χ1v) is 10.6. The average molecular weight is 430 g/mol. The summed E-state index contributed by atoms with van der Waals surface area (Å²) < 4.78 is 20.1. The van der Waals surface area contributed by atoms with Crippen LogP contribution in [0.1, 0.15) is 36.0 Å². The Morgan fingerprint density at radius 2 is 1.97 bits per heavy atom. The lowest BCUT2D eigenvalue weighted by Gasteiger charge is -2.30. The number of nitrogens with two attached hydrogens (primary N) is 2. The maximum absolute atomic E-state index is 14.7. The van der Waals surface area contributed by atoms with Gasteiger partial charge in [0, 0.05) is 43.1 Å². The van der Waals surface area contributed by atoms with E-state index >= 15 is 0 Å². The summed E-state index contributed by atoms with van der Waals surface area (Å²) in [7, 11) is 0. The fraction of sp³-hybridized carbons (Fsp3) is 0.476. The summed E-state index contributed by atoms with van der Waals surface area (Å²) in [6.45, 7) is 2.77. The molecule has 31 heavy (non-hydrogen) atoms. The van der Waals surface area contributed by atoms with Gasteiger partial charge in [-0.05, 0) is 25.0 Å². The molecule has 0 spiro atoms. The number of rotatable bonds is 6. The lowest BCUT2D eigenvalue weighted by atomic mass is 9.91. The molecule has 1 aliphatic carbocycles. The van der Waals surface area contributed by atoms with Crippen molar-refractivity contribution >= 4 is 29.0 Å². The summed E-state index contributed by atoms with van der Waals surface area (Å²) in [5, 5.41) is 6.22. The summed E-state index contributed by atoms with van der Waals surface area (Å²) in [4.78, 5) is 22.8. The van der Waals surface area contributed by atoms with Gasteiger partial charge in [0.15, 0.2) is 11.6 Å². The van der Waals surface area contributed by atoms with E-state index in [0.717, 1.165) is 50.7 Å². The van der Waals surface area contributed by atoms with Crippen molar-refractivity contribution in [1.82, 2.24) is 9.97 Å². The SMILES string of the molecule is NC(=O)c1cc(F)c(NC2CCCCC2N)nc1Nc1ccnc(N2CCOCC2)c1. The number of carbonyl (C=O) groups is 1. The third kappa shape index (κ3) is 5.02. The number of anilines is 4. The smallest absolute Gasteiger partial charge is 0.252 e. The highest BCUT2D eigenvalue weighted by Gasteiger charge is 2.24. The van der Waals surface area contributed by atoms with E-state index in [2.05, 4.69) is 25.5 Å². The standard InChI is InChI=1S/C21H28FN7O2/c22-15-12-14(19(24)30)20(28-21(15)27-17-4-2-1-3-16(17)23)26-13-5-6-25-18(11-13)29-7-9-31-10-8-29/h5-6,11-12,16-17H,1-4,7-10,23H2,(H2,24,30)(H2,25,26,27,28). The number of aromatic nitrogens is 2. The third-order valence-corrected chi connectivity index (χ3v) is 5.73. The average Bonchev–Trinajstić information content (AvgIpc) is 2.78. The van der Waals surface area contributed by atoms with E-state index in [0.29, 0.717) is 18.9 Å². The van der Waals surface area contributed by atoms with Crippen LogP contribution in [0.5, 0.6) is 0 Å². The van der Waals surface area contributed by atoms with E-state index in [-0.39, 0.29) is 29.3 Å². The molecule has 2 aromatic heterocycles. The maximum atomic E-state index is 14.7. The van der Waals surface area contributed by atoms with Crippen molar-refractivity contribution < 1.29 is 13.9 Å². The van der Waals surface area contributed by atoms with Crippen molar-refractivity contribution in [3.63, 3.8) is 0 Å². The lowest BCUT2D eigenvalue weighted by Crippen LogP contribution is -2.43. The number of halogens is 1. The fourth-order valence-electron chi connectivity index (χ4n) is 3.99. The third-order valence-electron chi connectivity index (χ3n) is 5.73. The van der Waals surface area contributed by atoms with Crippen LogP contribution < -0.4 is 27.0 Å². The highest BCUT2D eigenvalue weighted by molar-refractivity contribution is 5.98. The Hall–Kier alpha value is -2.98. The van der Waals surface area contributed by atoms with Crippen LogP contribution in [0.15, 0.2) is 24.4 Å². The van der Waals surface area contributed by atoms with Gasteiger partial charge in [-0.2, -0.15) is 0 Å².